The quantitative estimate of drug-likeness (QED) is 0.481. The van der Waals surface area contributed by atoms with E-state index in [1.807, 2.05) is 0 Å². The maximum Gasteiger partial charge on any atom is 0.416 e. The summed E-state index contributed by atoms with van der Waals surface area (Å²) in [7, 11) is 0. The van der Waals surface area contributed by atoms with E-state index in [9.17, 15) is 22.4 Å². The van der Waals surface area contributed by atoms with Crippen LogP contribution in [0.25, 0.3) is 11.0 Å². The summed E-state index contributed by atoms with van der Waals surface area (Å²) in [6.45, 7) is 0. The second-order valence-electron chi connectivity index (χ2n) is 6.66. The molecule has 0 bridgehead atoms. The van der Waals surface area contributed by atoms with E-state index in [1.165, 1.54) is 48.9 Å². The molecule has 0 aliphatic heterocycles. The van der Waals surface area contributed by atoms with Gasteiger partial charge in [0, 0.05) is 24.2 Å². The monoisotopic (exact) mass is 426 g/mol. The molecule has 1 N–H and O–H groups in total. The number of rotatable bonds is 4. The Kier molecular flexibility index (Phi) is 5.33. The van der Waals surface area contributed by atoms with Gasteiger partial charge in [-0.2, -0.15) is 13.2 Å². The third kappa shape index (κ3) is 4.35. The van der Waals surface area contributed by atoms with E-state index in [1.54, 1.807) is 6.07 Å². The molecule has 2 aromatic carbocycles. The van der Waals surface area contributed by atoms with Gasteiger partial charge in [0.2, 0.25) is 0 Å². The molecule has 0 saturated heterocycles. The second kappa shape index (κ2) is 8.10. The van der Waals surface area contributed by atoms with Crippen molar-refractivity contribution in [2.24, 2.45) is 0 Å². The average Bonchev–Trinajstić information content (AvgIpc) is 2.77. The molecular weight excluding hydrogens is 412 g/mol. The Labute approximate surface area is 173 Å². The summed E-state index contributed by atoms with van der Waals surface area (Å²) in [4.78, 5) is 25.2. The molecule has 0 aliphatic rings. The fourth-order valence-corrected chi connectivity index (χ4v) is 3.10. The number of halogens is 4. The summed E-state index contributed by atoms with van der Waals surface area (Å²) < 4.78 is 53.2. The molecule has 1 unspecified atom stereocenters. The van der Waals surface area contributed by atoms with Crippen LogP contribution < -0.4 is 5.32 Å². The highest BCUT2D eigenvalue weighted by molar-refractivity contribution is 5.97. The molecule has 4 aromatic rings. The summed E-state index contributed by atoms with van der Waals surface area (Å²) in [5, 5.41) is 2.66. The molecule has 0 radical (unpaired) electrons. The first-order chi connectivity index (χ1) is 14.8. The minimum Gasteiger partial charge on any atom is -0.339 e. The number of fused-ring (bicyclic) bond motifs is 1. The van der Waals surface area contributed by atoms with E-state index < -0.39 is 29.5 Å². The number of pyridine rings is 1. The summed E-state index contributed by atoms with van der Waals surface area (Å²) in [5.74, 6) is -1.26. The summed E-state index contributed by atoms with van der Waals surface area (Å²) in [6.07, 6.45) is -0.169. The predicted octanol–water partition coefficient (Wildman–Crippen LogP) is 4.70. The van der Waals surface area contributed by atoms with E-state index >= 15 is 0 Å². The highest BCUT2D eigenvalue weighted by atomic mass is 19.4. The molecule has 9 heteroatoms. The number of alkyl halides is 3. The van der Waals surface area contributed by atoms with E-state index in [0.717, 1.165) is 18.2 Å². The van der Waals surface area contributed by atoms with Gasteiger partial charge in [-0.05, 0) is 48.0 Å². The highest BCUT2D eigenvalue weighted by Gasteiger charge is 2.31. The number of carbonyl (C=O) groups is 1. The lowest BCUT2D eigenvalue weighted by atomic mass is 10.00. The number of hydrogen-bond donors (Lipinski definition) is 1. The third-order valence-corrected chi connectivity index (χ3v) is 4.64. The van der Waals surface area contributed by atoms with Gasteiger partial charge in [0.25, 0.3) is 5.91 Å². The predicted molar refractivity (Wildman–Crippen MR) is 104 cm³/mol. The standard InChI is InChI=1S/C22H14F4N4O/c23-16-2-1-9-29-20(16)19(13-3-6-15(7-4-13)22(24,25)26)30-21(31)14-5-8-17-18(12-14)28-11-10-27-17/h1-12,19H,(H,30,31). The van der Waals surface area contributed by atoms with E-state index in [4.69, 9.17) is 0 Å². The molecule has 2 aromatic heterocycles. The van der Waals surface area contributed by atoms with Gasteiger partial charge in [-0.3, -0.25) is 19.7 Å². The van der Waals surface area contributed by atoms with Crippen LogP contribution in [0.2, 0.25) is 0 Å². The summed E-state index contributed by atoms with van der Waals surface area (Å²) in [5.41, 5.74) is 0.604. The van der Waals surface area contributed by atoms with Gasteiger partial charge in [-0.25, -0.2) is 4.39 Å². The van der Waals surface area contributed by atoms with Crippen LogP contribution in [0.4, 0.5) is 17.6 Å². The average molecular weight is 426 g/mol. The number of aromatic nitrogens is 3. The van der Waals surface area contributed by atoms with Crippen molar-refractivity contribution in [3.8, 4) is 0 Å². The Morgan fingerprint density at radius 3 is 2.26 bits per heavy atom. The van der Waals surface area contributed by atoms with Gasteiger partial charge >= 0.3 is 6.18 Å². The lowest BCUT2D eigenvalue weighted by Gasteiger charge is -2.20. The van der Waals surface area contributed by atoms with E-state index in [0.29, 0.717) is 11.0 Å². The van der Waals surface area contributed by atoms with Crippen LogP contribution in [-0.2, 0) is 6.18 Å². The number of hydrogen-bond acceptors (Lipinski definition) is 4. The fraction of sp³-hybridized carbons (Fsp3) is 0.0909. The van der Waals surface area contributed by atoms with Crippen LogP contribution in [0.3, 0.4) is 0 Å². The minimum absolute atomic E-state index is 0.115. The smallest absolute Gasteiger partial charge is 0.339 e. The molecule has 156 valence electrons. The Bertz CT molecular complexity index is 1240. The Hall–Kier alpha value is -3.88. The first-order valence-corrected chi connectivity index (χ1v) is 9.12. The van der Waals surface area contributed by atoms with E-state index in [2.05, 4.69) is 20.3 Å². The van der Waals surface area contributed by atoms with Crippen molar-refractivity contribution in [3.05, 3.63) is 101 Å². The first-order valence-electron chi connectivity index (χ1n) is 9.12. The molecule has 0 aliphatic carbocycles. The van der Waals surface area contributed by atoms with Crippen LogP contribution in [0.5, 0.6) is 0 Å². The molecule has 5 nitrogen and oxygen atoms in total. The number of nitrogens with one attached hydrogen (secondary N) is 1. The number of carbonyl (C=O) groups excluding carboxylic acids is 1. The molecule has 4 rings (SSSR count). The van der Waals surface area contributed by atoms with Gasteiger partial charge in [-0.15, -0.1) is 0 Å². The molecule has 1 atom stereocenters. The Morgan fingerprint density at radius 1 is 0.871 bits per heavy atom. The largest absolute Gasteiger partial charge is 0.416 e. The lowest BCUT2D eigenvalue weighted by Crippen LogP contribution is -2.30. The van der Waals surface area contributed by atoms with Crippen molar-refractivity contribution >= 4 is 16.9 Å². The van der Waals surface area contributed by atoms with Gasteiger partial charge < -0.3 is 5.32 Å². The molecular formula is C22H14F4N4O. The Morgan fingerprint density at radius 2 is 1.58 bits per heavy atom. The van der Waals surface area contributed by atoms with Crippen molar-refractivity contribution in [3.63, 3.8) is 0 Å². The van der Waals surface area contributed by atoms with Crippen molar-refractivity contribution < 1.29 is 22.4 Å². The van der Waals surface area contributed by atoms with Crippen LogP contribution in [0.1, 0.15) is 33.2 Å². The zero-order valence-electron chi connectivity index (χ0n) is 15.8. The molecule has 0 fully saturated rings. The fourth-order valence-electron chi connectivity index (χ4n) is 3.10. The van der Waals surface area contributed by atoms with Gasteiger partial charge in [0.15, 0.2) is 0 Å². The molecule has 31 heavy (non-hydrogen) atoms. The number of benzene rings is 2. The van der Waals surface area contributed by atoms with Crippen molar-refractivity contribution in [2.45, 2.75) is 12.2 Å². The van der Waals surface area contributed by atoms with Gasteiger partial charge in [0.1, 0.15) is 11.5 Å². The molecule has 0 spiro atoms. The zero-order valence-corrected chi connectivity index (χ0v) is 15.8. The minimum atomic E-state index is -4.51. The SMILES string of the molecule is O=C(NC(c1ccc(C(F)(F)F)cc1)c1ncccc1F)c1ccc2nccnc2c1. The van der Waals surface area contributed by atoms with Crippen molar-refractivity contribution in [1.29, 1.82) is 0 Å². The van der Waals surface area contributed by atoms with E-state index in [-0.39, 0.29) is 16.8 Å². The van der Waals surface area contributed by atoms with Gasteiger partial charge in [0.05, 0.1) is 22.6 Å². The molecule has 0 saturated carbocycles. The first kappa shape index (κ1) is 20.4. The second-order valence-corrected chi connectivity index (χ2v) is 6.66. The summed E-state index contributed by atoms with van der Waals surface area (Å²) in [6, 6.07) is 10.2. The maximum atomic E-state index is 14.4. The molecule has 2 heterocycles. The summed E-state index contributed by atoms with van der Waals surface area (Å²) >= 11 is 0. The molecule has 1 amide bonds. The van der Waals surface area contributed by atoms with Gasteiger partial charge in [-0.1, -0.05) is 12.1 Å². The van der Waals surface area contributed by atoms with Crippen LogP contribution in [-0.4, -0.2) is 20.9 Å². The van der Waals surface area contributed by atoms with Crippen LogP contribution in [0, 0.1) is 5.82 Å². The van der Waals surface area contributed by atoms with Crippen LogP contribution in [0.15, 0.2) is 73.2 Å². The number of amides is 1. The van der Waals surface area contributed by atoms with Crippen LogP contribution >= 0.6 is 0 Å². The van der Waals surface area contributed by atoms with Crippen molar-refractivity contribution in [2.75, 3.05) is 0 Å². The number of nitrogens with zero attached hydrogens (tertiary/aromatic N) is 3. The van der Waals surface area contributed by atoms with Crippen molar-refractivity contribution in [1.82, 2.24) is 20.3 Å². The Balaban J connectivity index is 1.70. The normalized spacial score (nSPS) is 12.5. The topological polar surface area (TPSA) is 67.8 Å². The highest BCUT2D eigenvalue weighted by Crippen LogP contribution is 2.31. The maximum absolute atomic E-state index is 14.4. The zero-order chi connectivity index (χ0) is 22.0. The third-order valence-electron chi connectivity index (χ3n) is 4.64. The lowest BCUT2D eigenvalue weighted by molar-refractivity contribution is -0.137.